The molecule has 2 N–H and O–H groups in total. The van der Waals surface area contributed by atoms with Crippen LogP contribution in [0.5, 0.6) is 0 Å². The monoisotopic (exact) mass is 346 g/mol. The predicted octanol–water partition coefficient (Wildman–Crippen LogP) is 1.03. The molecular weight excluding hydrogens is 328 g/mol. The summed E-state index contributed by atoms with van der Waals surface area (Å²) in [6.45, 7) is 1.29. The lowest BCUT2D eigenvalue weighted by Crippen LogP contribution is -2.45. The van der Waals surface area contributed by atoms with E-state index in [-0.39, 0.29) is 36.4 Å². The molecule has 2 fully saturated rings. The number of nitrogens with one attached hydrogen (secondary N) is 2. The molecular formula is C16H19ClN6O. The van der Waals surface area contributed by atoms with Gasteiger partial charge in [0.25, 0.3) is 0 Å². The van der Waals surface area contributed by atoms with E-state index in [4.69, 9.17) is 10.5 Å². The number of rotatable bonds is 3. The molecule has 0 bridgehead atoms. The third-order valence-electron chi connectivity index (χ3n) is 4.38. The first kappa shape index (κ1) is 18.0. The fraction of sp³-hybridized carbons (Fsp3) is 0.500. The number of pyridine rings is 1. The normalized spacial score (nSPS) is 25.4. The van der Waals surface area contributed by atoms with Gasteiger partial charge in [0, 0.05) is 25.3 Å². The summed E-state index contributed by atoms with van der Waals surface area (Å²) in [6, 6.07) is 7.20. The molecule has 2 aliphatic heterocycles. The molecule has 0 spiro atoms. The number of halogens is 1. The van der Waals surface area contributed by atoms with Crippen molar-refractivity contribution in [3.63, 3.8) is 0 Å². The molecule has 3 heterocycles. The Morgan fingerprint density at radius 1 is 1.46 bits per heavy atom. The lowest BCUT2D eigenvalue weighted by atomic mass is 10.1. The number of nitriles is 2. The Bertz CT molecular complexity index is 682. The number of hydrogen-bond donors (Lipinski definition) is 2. The van der Waals surface area contributed by atoms with Crippen molar-refractivity contribution in [3.8, 4) is 12.1 Å². The number of aromatic nitrogens is 1. The van der Waals surface area contributed by atoms with E-state index in [1.165, 1.54) is 0 Å². The Morgan fingerprint density at radius 2 is 2.29 bits per heavy atom. The van der Waals surface area contributed by atoms with Crippen LogP contribution < -0.4 is 10.6 Å². The second kappa shape index (κ2) is 7.96. The van der Waals surface area contributed by atoms with E-state index in [2.05, 4.69) is 27.8 Å². The molecule has 3 rings (SSSR count). The van der Waals surface area contributed by atoms with Crippen molar-refractivity contribution in [1.82, 2.24) is 15.2 Å². The third-order valence-corrected chi connectivity index (χ3v) is 4.38. The van der Waals surface area contributed by atoms with Crippen LogP contribution in [0.25, 0.3) is 0 Å². The van der Waals surface area contributed by atoms with Crippen molar-refractivity contribution in [1.29, 1.82) is 10.5 Å². The summed E-state index contributed by atoms with van der Waals surface area (Å²) < 4.78 is 0. The van der Waals surface area contributed by atoms with Crippen LogP contribution in [0.2, 0.25) is 0 Å². The molecule has 2 aliphatic rings. The summed E-state index contributed by atoms with van der Waals surface area (Å²) in [5, 5.41) is 24.7. The van der Waals surface area contributed by atoms with Gasteiger partial charge in [0.2, 0.25) is 5.91 Å². The fourth-order valence-corrected chi connectivity index (χ4v) is 3.20. The highest BCUT2D eigenvalue weighted by atomic mass is 35.5. The van der Waals surface area contributed by atoms with Crippen molar-refractivity contribution >= 4 is 24.1 Å². The van der Waals surface area contributed by atoms with Gasteiger partial charge in [0.1, 0.15) is 17.9 Å². The maximum Gasteiger partial charge on any atom is 0.240 e. The first-order valence-electron chi connectivity index (χ1n) is 7.78. The fourth-order valence-electron chi connectivity index (χ4n) is 3.20. The Kier molecular flexibility index (Phi) is 5.97. The second-order valence-corrected chi connectivity index (χ2v) is 5.87. The Labute approximate surface area is 147 Å². The predicted molar refractivity (Wildman–Crippen MR) is 90.4 cm³/mol. The van der Waals surface area contributed by atoms with Crippen LogP contribution in [-0.4, -0.2) is 47.0 Å². The largest absolute Gasteiger partial charge is 0.365 e. The number of carbonyl (C=O) groups excluding carboxylic acids is 1. The highest BCUT2D eigenvalue weighted by Gasteiger charge is 2.37. The van der Waals surface area contributed by atoms with Gasteiger partial charge in [-0.3, -0.25) is 4.79 Å². The van der Waals surface area contributed by atoms with Crippen LogP contribution in [0.15, 0.2) is 18.3 Å². The van der Waals surface area contributed by atoms with Crippen LogP contribution >= 0.6 is 12.4 Å². The van der Waals surface area contributed by atoms with Gasteiger partial charge >= 0.3 is 0 Å². The van der Waals surface area contributed by atoms with Crippen LogP contribution in [-0.2, 0) is 4.79 Å². The first-order valence-corrected chi connectivity index (χ1v) is 7.78. The minimum Gasteiger partial charge on any atom is -0.365 e. The number of amides is 1. The molecule has 0 radical (unpaired) electrons. The maximum atomic E-state index is 12.6. The smallest absolute Gasteiger partial charge is 0.240 e. The van der Waals surface area contributed by atoms with Crippen LogP contribution in [0.1, 0.15) is 24.8 Å². The van der Waals surface area contributed by atoms with Crippen molar-refractivity contribution < 1.29 is 4.79 Å². The van der Waals surface area contributed by atoms with E-state index >= 15 is 0 Å². The topological polar surface area (TPSA) is 105 Å². The van der Waals surface area contributed by atoms with E-state index in [0.717, 1.165) is 12.8 Å². The zero-order chi connectivity index (χ0) is 16.2. The zero-order valence-electron chi connectivity index (χ0n) is 13.1. The Balaban J connectivity index is 0.00000208. The van der Waals surface area contributed by atoms with Crippen LogP contribution in [0.4, 0.5) is 5.82 Å². The molecule has 7 nitrogen and oxygen atoms in total. The summed E-state index contributed by atoms with van der Waals surface area (Å²) in [6.07, 6.45) is 3.90. The summed E-state index contributed by atoms with van der Waals surface area (Å²) in [5.41, 5.74) is 0.492. The highest BCUT2D eigenvalue weighted by Crippen LogP contribution is 2.21. The third kappa shape index (κ3) is 3.59. The highest BCUT2D eigenvalue weighted by molar-refractivity contribution is 5.85. The van der Waals surface area contributed by atoms with E-state index in [9.17, 15) is 4.79 Å². The zero-order valence-corrected chi connectivity index (χ0v) is 13.9. The number of anilines is 1. The summed E-state index contributed by atoms with van der Waals surface area (Å²) in [7, 11) is 0. The maximum absolute atomic E-state index is 12.6. The number of carbonyl (C=O) groups is 1. The van der Waals surface area contributed by atoms with Gasteiger partial charge in [-0.05, 0) is 31.4 Å². The quantitative estimate of drug-likeness (QED) is 0.847. The van der Waals surface area contributed by atoms with Gasteiger partial charge in [-0.15, -0.1) is 12.4 Å². The minimum absolute atomic E-state index is 0. The molecule has 1 amide bonds. The lowest BCUT2D eigenvalue weighted by Gasteiger charge is -2.23. The van der Waals surface area contributed by atoms with Crippen molar-refractivity contribution in [3.05, 3.63) is 23.9 Å². The molecule has 3 atom stereocenters. The standard InChI is InChI=1S/C16H18N6O.ClH/c17-8-11-3-1-5-19-15(11)21-12-7-14(20-10-12)16(23)22-6-2-4-13(22)9-18;/h1,3,5,12-14,20H,2,4,6-7,10H2,(H,19,21);1H/t12-,13?,14-;/m0./s1. The van der Waals surface area contributed by atoms with E-state index < -0.39 is 0 Å². The molecule has 0 aromatic carbocycles. The van der Waals surface area contributed by atoms with Crippen molar-refractivity contribution in [2.24, 2.45) is 0 Å². The minimum atomic E-state index is -0.294. The molecule has 24 heavy (non-hydrogen) atoms. The molecule has 8 heteroatoms. The molecule has 2 saturated heterocycles. The first-order chi connectivity index (χ1) is 11.2. The molecule has 0 saturated carbocycles. The van der Waals surface area contributed by atoms with Gasteiger partial charge < -0.3 is 15.5 Å². The van der Waals surface area contributed by atoms with Gasteiger partial charge in [0.15, 0.2) is 0 Å². The summed E-state index contributed by atoms with van der Waals surface area (Å²) in [4.78, 5) is 18.4. The van der Waals surface area contributed by atoms with Gasteiger partial charge in [0.05, 0.1) is 17.7 Å². The summed E-state index contributed by atoms with van der Waals surface area (Å²) in [5.74, 6) is 0.547. The number of nitrogens with zero attached hydrogens (tertiary/aromatic N) is 4. The Hall–Kier alpha value is -2.35. The average Bonchev–Trinajstić information content (AvgIpc) is 3.23. The van der Waals surface area contributed by atoms with E-state index in [0.29, 0.717) is 30.9 Å². The van der Waals surface area contributed by atoms with Gasteiger partial charge in [-0.1, -0.05) is 0 Å². The molecule has 1 unspecified atom stereocenters. The lowest BCUT2D eigenvalue weighted by molar-refractivity contribution is -0.133. The van der Waals surface area contributed by atoms with Gasteiger partial charge in [-0.2, -0.15) is 10.5 Å². The van der Waals surface area contributed by atoms with Crippen LogP contribution in [0, 0.1) is 22.7 Å². The molecule has 126 valence electrons. The van der Waals surface area contributed by atoms with E-state index in [1.807, 2.05) is 0 Å². The second-order valence-electron chi connectivity index (χ2n) is 5.87. The number of hydrogen-bond acceptors (Lipinski definition) is 6. The molecule has 1 aromatic rings. The van der Waals surface area contributed by atoms with Crippen LogP contribution in [0.3, 0.4) is 0 Å². The van der Waals surface area contributed by atoms with Crippen molar-refractivity contribution in [2.45, 2.75) is 37.4 Å². The summed E-state index contributed by atoms with van der Waals surface area (Å²) >= 11 is 0. The molecule has 1 aromatic heterocycles. The SMILES string of the molecule is Cl.N#Cc1cccnc1N[C@@H]1CN[C@H](C(=O)N2CCCC2C#N)C1. The van der Waals surface area contributed by atoms with E-state index in [1.54, 1.807) is 23.2 Å². The van der Waals surface area contributed by atoms with Crippen molar-refractivity contribution in [2.75, 3.05) is 18.4 Å². The Morgan fingerprint density at radius 3 is 3.04 bits per heavy atom. The van der Waals surface area contributed by atoms with Gasteiger partial charge in [-0.25, -0.2) is 4.98 Å². The average molecular weight is 347 g/mol. The number of likely N-dealkylation sites (tertiary alicyclic amines) is 1. The molecule has 0 aliphatic carbocycles.